The molecule has 0 aliphatic heterocycles. The first-order chi connectivity index (χ1) is 16.5. The number of guanidine groups is 1. The van der Waals surface area contributed by atoms with Crippen molar-refractivity contribution in [3.8, 4) is 0 Å². The number of aryl methyl sites for hydroxylation is 1. The van der Waals surface area contributed by atoms with Crippen LogP contribution >= 0.6 is 11.3 Å². The third-order valence-corrected chi connectivity index (χ3v) is 7.11. The minimum absolute atomic E-state index is 0.0213. The molecule has 2 aromatic carbocycles. The van der Waals surface area contributed by atoms with Crippen molar-refractivity contribution in [3.63, 3.8) is 0 Å². The summed E-state index contributed by atoms with van der Waals surface area (Å²) in [6, 6.07) is 15.9. The van der Waals surface area contributed by atoms with Gasteiger partial charge < -0.3 is 22.1 Å². The Hall–Kier alpha value is -3.72. The second-order valence-corrected chi connectivity index (χ2v) is 9.76. The van der Waals surface area contributed by atoms with Gasteiger partial charge in [0.25, 0.3) is 5.91 Å². The van der Waals surface area contributed by atoms with Gasteiger partial charge in [-0.1, -0.05) is 42.7 Å². The van der Waals surface area contributed by atoms with Gasteiger partial charge in [-0.25, -0.2) is 15.0 Å². The van der Waals surface area contributed by atoms with Gasteiger partial charge in [0.1, 0.15) is 5.82 Å². The minimum atomic E-state index is -0.346. The third kappa shape index (κ3) is 4.65. The van der Waals surface area contributed by atoms with Crippen molar-refractivity contribution in [1.82, 2.24) is 9.97 Å². The molecule has 1 fully saturated rings. The number of nitrogens with zero attached hydrogens (tertiary/aromatic N) is 3. The molecule has 2 aromatic heterocycles. The first kappa shape index (κ1) is 22.1. The normalized spacial score (nSPS) is 18.0. The quantitative estimate of drug-likeness (QED) is 0.251. The van der Waals surface area contributed by atoms with E-state index in [4.69, 9.17) is 11.5 Å². The van der Waals surface area contributed by atoms with Gasteiger partial charge in [-0.15, -0.1) is 11.3 Å². The lowest BCUT2D eigenvalue weighted by atomic mass is 9.90. The summed E-state index contributed by atoms with van der Waals surface area (Å²) in [5.41, 5.74) is 13.1. The third-order valence-electron chi connectivity index (χ3n) is 6.08. The van der Waals surface area contributed by atoms with E-state index in [0.29, 0.717) is 11.3 Å². The number of carbonyl (C=O) groups excluding carboxylic acids is 1. The standard InChI is InChI=1S/C25H27N7OS/c1-14-10-11-17-16(12-14)22(29-18-7-3-4-8-19(18)30-25(26)27)32-23(28-17)24(33)31-21-13-15-6-2-5-9-20(15)34-21/h2,5-6,9-13,18-19H,3-4,7-8H2,1H3,(H,31,33)(H4,26,27,30)(H,28,29,32)/t18-,19+/m0/s1. The first-order valence-corrected chi connectivity index (χ1v) is 12.2. The topological polar surface area (TPSA) is 131 Å². The molecule has 1 aliphatic carbocycles. The molecular formula is C25H27N7OS. The predicted molar refractivity (Wildman–Crippen MR) is 140 cm³/mol. The summed E-state index contributed by atoms with van der Waals surface area (Å²) < 4.78 is 1.11. The van der Waals surface area contributed by atoms with Gasteiger partial charge in [0.15, 0.2) is 5.96 Å². The second kappa shape index (κ2) is 9.26. The van der Waals surface area contributed by atoms with Gasteiger partial charge in [-0.3, -0.25) is 4.79 Å². The Labute approximate surface area is 201 Å². The highest BCUT2D eigenvalue weighted by molar-refractivity contribution is 7.23. The summed E-state index contributed by atoms with van der Waals surface area (Å²) in [7, 11) is 0. The number of amides is 1. The number of benzene rings is 2. The number of aliphatic imine (C=N–C) groups is 1. The molecule has 4 aromatic rings. The number of fused-ring (bicyclic) bond motifs is 2. The predicted octanol–water partition coefficient (Wildman–Crippen LogP) is 4.40. The zero-order valence-electron chi connectivity index (χ0n) is 18.9. The van der Waals surface area contributed by atoms with Crippen LogP contribution in [-0.2, 0) is 0 Å². The number of anilines is 2. The average Bonchev–Trinajstić information content (AvgIpc) is 3.22. The van der Waals surface area contributed by atoms with Crippen molar-refractivity contribution < 1.29 is 4.79 Å². The fourth-order valence-corrected chi connectivity index (χ4v) is 5.42. The van der Waals surface area contributed by atoms with E-state index in [-0.39, 0.29) is 29.8 Å². The summed E-state index contributed by atoms with van der Waals surface area (Å²) in [5.74, 6) is 0.482. The van der Waals surface area contributed by atoms with Gasteiger partial charge in [-0.2, -0.15) is 0 Å². The maximum atomic E-state index is 13.1. The molecule has 9 heteroatoms. The maximum Gasteiger partial charge on any atom is 0.294 e. The Kier molecular flexibility index (Phi) is 6.02. The van der Waals surface area contributed by atoms with E-state index >= 15 is 0 Å². The molecule has 8 nitrogen and oxygen atoms in total. The van der Waals surface area contributed by atoms with Crippen LogP contribution in [0.4, 0.5) is 10.8 Å². The summed E-state index contributed by atoms with van der Waals surface area (Å²) in [6.45, 7) is 2.02. The monoisotopic (exact) mass is 473 g/mol. The molecular weight excluding hydrogens is 446 g/mol. The minimum Gasteiger partial charge on any atom is -0.370 e. The Balaban J connectivity index is 1.48. The van der Waals surface area contributed by atoms with Crippen LogP contribution in [0, 0.1) is 6.92 Å². The molecule has 0 bridgehead atoms. The molecule has 2 heterocycles. The van der Waals surface area contributed by atoms with Gasteiger partial charge in [0.2, 0.25) is 5.82 Å². The highest BCUT2D eigenvalue weighted by Gasteiger charge is 2.26. The van der Waals surface area contributed by atoms with Crippen LogP contribution in [-0.4, -0.2) is 33.9 Å². The van der Waals surface area contributed by atoms with Crippen LogP contribution in [0.25, 0.3) is 21.0 Å². The van der Waals surface area contributed by atoms with Crippen LogP contribution in [0.15, 0.2) is 53.5 Å². The number of nitrogens with one attached hydrogen (secondary N) is 2. The molecule has 0 saturated heterocycles. The molecule has 174 valence electrons. The van der Waals surface area contributed by atoms with Gasteiger partial charge >= 0.3 is 0 Å². The molecule has 1 saturated carbocycles. The molecule has 34 heavy (non-hydrogen) atoms. The van der Waals surface area contributed by atoms with Crippen LogP contribution in [0.3, 0.4) is 0 Å². The molecule has 0 spiro atoms. The zero-order chi connectivity index (χ0) is 23.7. The van der Waals surface area contributed by atoms with E-state index in [2.05, 4.69) is 25.6 Å². The first-order valence-electron chi connectivity index (χ1n) is 11.4. The lowest BCUT2D eigenvalue weighted by Gasteiger charge is -2.30. The van der Waals surface area contributed by atoms with Gasteiger partial charge in [-0.05, 0) is 49.4 Å². The van der Waals surface area contributed by atoms with Crippen LogP contribution in [0.5, 0.6) is 0 Å². The largest absolute Gasteiger partial charge is 0.370 e. The number of thiophene rings is 1. The van der Waals surface area contributed by atoms with E-state index in [1.54, 1.807) is 0 Å². The van der Waals surface area contributed by atoms with Crippen LogP contribution in [0.2, 0.25) is 0 Å². The molecule has 0 radical (unpaired) electrons. The molecule has 1 aliphatic rings. The molecule has 2 atom stereocenters. The van der Waals surface area contributed by atoms with Crippen molar-refractivity contribution in [2.75, 3.05) is 10.6 Å². The average molecular weight is 474 g/mol. The number of hydrogen-bond donors (Lipinski definition) is 4. The zero-order valence-corrected chi connectivity index (χ0v) is 19.7. The lowest BCUT2D eigenvalue weighted by Crippen LogP contribution is -2.38. The molecule has 6 N–H and O–H groups in total. The van der Waals surface area contributed by atoms with Crippen LogP contribution < -0.4 is 22.1 Å². The second-order valence-electron chi connectivity index (χ2n) is 8.68. The Morgan fingerprint density at radius 2 is 1.91 bits per heavy atom. The Bertz CT molecular complexity index is 1360. The van der Waals surface area contributed by atoms with Crippen molar-refractivity contribution in [2.24, 2.45) is 16.5 Å². The number of nitrogens with two attached hydrogens (primary N) is 2. The highest BCUT2D eigenvalue weighted by atomic mass is 32.1. The van der Waals surface area contributed by atoms with Gasteiger partial charge in [0.05, 0.1) is 22.6 Å². The SMILES string of the molecule is Cc1ccc2nc(C(=O)Nc3cc4ccccc4s3)nc(N[C@H]3CCCC[C@H]3N=C(N)N)c2c1. The summed E-state index contributed by atoms with van der Waals surface area (Å²) in [6.07, 6.45) is 3.97. The van der Waals surface area contributed by atoms with Gasteiger partial charge in [0, 0.05) is 10.1 Å². The van der Waals surface area contributed by atoms with E-state index in [9.17, 15) is 4.79 Å². The van der Waals surface area contributed by atoms with E-state index in [1.165, 1.54) is 11.3 Å². The number of carbonyl (C=O) groups is 1. The van der Waals surface area contributed by atoms with E-state index in [0.717, 1.165) is 51.7 Å². The number of hydrogen-bond acceptors (Lipinski definition) is 6. The fraction of sp³-hybridized carbons (Fsp3) is 0.280. The number of aromatic nitrogens is 2. The maximum absolute atomic E-state index is 13.1. The fourth-order valence-electron chi connectivity index (χ4n) is 4.47. The van der Waals surface area contributed by atoms with Crippen molar-refractivity contribution in [3.05, 3.63) is 59.9 Å². The summed E-state index contributed by atoms with van der Waals surface area (Å²) in [5, 5.41) is 9.21. The molecule has 0 unspecified atom stereocenters. The van der Waals surface area contributed by atoms with E-state index in [1.807, 2.05) is 55.5 Å². The molecule has 5 rings (SSSR count). The highest BCUT2D eigenvalue weighted by Crippen LogP contribution is 2.31. The van der Waals surface area contributed by atoms with Crippen LogP contribution in [0.1, 0.15) is 41.9 Å². The number of rotatable bonds is 5. The molecule has 1 amide bonds. The van der Waals surface area contributed by atoms with Crippen molar-refractivity contribution in [1.29, 1.82) is 0 Å². The Morgan fingerprint density at radius 1 is 1.09 bits per heavy atom. The summed E-state index contributed by atoms with van der Waals surface area (Å²) >= 11 is 1.52. The van der Waals surface area contributed by atoms with Crippen molar-refractivity contribution >= 4 is 55.0 Å². The Morgan fingerprint density at radius 3 is 2.74 bits per heavy atom. The van der Waals surface area contributed by atoms with Crippen molar-refractivity contribution in [2.45, 2.75) is 44.7 Å². The smallest absolute Gasteiger partial charge is 0.294 e. The lowest BCUT2D eigenvalue weighted by molar-refractivity contribution is 0.101. The van der Waals surface area contributed by atoms with E-state index < -0.39 is 0 Å². The summed E-state index contributed by atoms with van der Waals surface area (Å²) in [4.78, 5) is 26.8.